The highest BCUT2D eigenvalue weighted by Crippen LogP contribution is 2.14. The first-order valence-corrected chi connectivity index (χ1v) is 4.79. The Morgan fingerprint density at radius 3 is 3.09 bits per heavy atom. The number of halogens is 1. The van der Waals surface area contributed by atoms with E-state index in [1.54, 1.807) is 0 Å². The van der Waals surface area contributed by atoms with Crippen LogP contribution in [0.3, 0.4) is 0 Å². The smallest absolute Gasteiger partial charge is 0.00746 e. The molecular formula is C10H13Br. The molecule has 0 aromatic rings. The van der Waals surface area contributed by atoms with Gasteiger partial charge in [0.05, 0.1) is 0 Å². The first-order chi connectivity index (χ1) is 5.29. The average molecular weight is 213 g/mol. The molecule has 60 valence electrons. The maximum absolute atomic E-state index is 3.42. The molecule has 1 rings (SSSR count). The number of rotatable bonds is 1. The van der Waals surface area contributed by atoms with Gasteiger partial charge >= 0.3 is 0 Å². The van der Waals surface area contributed by atoms with Gasteiger partial charge in [0.2, 0.25) is 0 Å². The molecule has 0 bridgehead atoms. The van der Waals surface area contributed by atoms with Crippen LogP contribution in [0.2, 0.25) is 0 Å². The van der Waals surface area contributed by atoms with E-state index in [2.05, 4.69) is 47.2 Å². The Balaban J connectivity index is 2.68. The van der Waals surface area contributed by atoms with Crippen LogP contribution < -0.4 is 0 Å². The SMILES string of the molecule is C/C(Br)=C\C1=CCCCC=C1. The first kappa shape index (κ1) is 8.79. The molecule has 1 aliphatic rings. The molecule has 0 saturated carbocycles. The standard InChI is InChI=1S/C10H13Br/c1-9(11)8-10-6-4-2-3-5-7-10/h4,6-8H,2-3,5H2,1H3/b9-8+. The lowest BCUT2D eigenvalue weighted by molar-refractivity contribution is 0.875. The van der Waals surface area contributed by atoms with Crippen LogP contribution in [0.4, 0.5) is 0 Å². The number of hydrogen-bond donors (Lipinski definition) is 0. The highest BCUT2D eigenvalue weighted by atomic mass is 79.9. The Hall–Kier alpha value is -0.300. The van der Waals surface area contributed by atoms with E-state index < -0.39 is 0 Å². The van der Waals surface area contributed by atoms with Crippen LogP contribution in [0, 0.1) is 0 Å². The van der Waals surface area contributed by atoms with Crippen molar-refractivity contribution in [2.45, 2.75) is 26.2 Å². The van der Waals surface area contributed by atoms with Crippen LogP contribution >= 0.6 is 15.9 Å². The third kappa shape index (κ3) is 3.57. The molecule has 1 heteroatoms. The van der Waals surface area contributed by atoms with Crippen LogP contribution in [0.5, 0.6) is 0 Å². The summed E-state index contributed by atoms with van der Waals surface area (Å²) in [7, 11) is 0. The van der Waals surface area contributed by atoms with E-state index in [9.17, 15) is 0 Å². The van der Waals surface area contributed by atoms with Crippen LogP contribution in [0.15, 0.2) is 34.4 Å². The minimum atomic E-state index is 1.19. The maximum Gasteiger partial charge on any atom is -0.00746 e. The summed E-state index contributed by atoms with van der Waals surface area (Å²) in [5.41, 5.74) is 1.33. The quantitative estimate of drug-likeness (QED) is 0.618. The Morgan fingerprint density at radius 2 is 2.36 bits per heavy atom. The molecule has 0 saturated heterocycles. The number of hydrogen-bond acceptors (Lipinski definition) is 0. The minimum absolute atomic E-state index is 1.19. The zero-order chi connectivity index (χ0) is 8.10. The van der Waals surface area contributed by atoms with E-state index in [1.165, 1.54) is 29.3 Å². The lowest BCUT2D eigenvalue weighted by Gasteiger charge is -1.91. The van der Waals surface area contributed by atoms with Crippen molar-refractivity contribution in [3.8, 4) is 0 Å². The van der Waals surface area contributed by atoms with Gasteiger partial charge in [0, 0.05) is 0 Å². The highest BCUT2D eigenvalue weighted by Gasteiger charge is 1.92. The summed E-state index contributed by atoms with van der Waals surface area (Å²) >= 11 is 3.42. The molecule has 0 nitrogen and oxygen atoms in total. The van der Waals surface area contributed by atoms with Gasteiger partial charge in [-0.1, -0.05) is 34.2 Å². The van der Waals surface area contributed by atoms with Crippen molar-refractivity contribution in [1.29, 1.82) is 0 Å². The molecule has 0 fully saturated rings. The van der Waals surface area contributed by atoms with Gasteiger partial charge in [-0.15, -0.1) is 0 Å². The minimum Gasteiger partial charge on any atom is -0.0839 e. The Labute approximate surface area is 76.8 Å². The molecule has 0 amide bonds. The van der Waals surface area contributed by atoms with E-state index in [4.69, 9.17) is 0 Å². The second kappa shape index (κ2) is 4.55. The van der Waals surface area contributed by atoms with Crippen molar-refractivity contribution in [2.75, 3.05) is 0 Å². The van der Waals surface area contributed by atoms with Gasteiger partial charge in [-0.25, -0.2) is 0 Å². The molecule has 0 aromatic carbocycles. The topological polar surface area (TPSA) is 0 Å². The third-order valence-corrected chi connectivity index (χ3v) is 1.86. The lowest BCUT2D eigenvalue weighted by Crippen LogP contribution is -1.70. The summed E-state index contributed by atoms with van der Waals surface area (Å²) in [6, 6.07) is 0. The third-order valence-electron chi connectivity index (χ3n) is 1.63. The average Bonchev–Trinajstić information content (AvgIpc) is 2.14. The summed E-state index contributed by atoms with van der Waals surface area (Å²) in [4.78, 5) is 0. The Kier molecular flexibility index (Phi) is 3.64. The summed E-state index contributed by atoms with van der Waals surface area (Å²) in [6.45, 7) is 2.06. The zero-order valence-electron chi connectivity index (χ0n) is 6.81. The molecule has 0 unspecified atom stereocenters. The fraction of sp³-hybridized carbons (Fsp3) is 0.400. The van der Waals surface area contributed by atoms with E-state index in [1.807, 2.05) is 0 Å². The lowest BCUT2D eigenvalue weighted by atomic mass is 10.2. The molecule has 0 radical (unpaired) electrons. The molecule has 0 heterocycles. The van der Waals surface area contributed by atoms with Crippen LogP contribution in [-0.2, 0) is 0 Å². The highest BCUT2D eigenvalue weighted by molar-refractivity contribution is 9.11. The molecule has 0 aromatic heterocycles. The van der Waals surface area contributed by atoms with Gasteiger partial charge in [0.15, 0.2) is 0 Å². The summed E-state index contributed by atoms with van der Waals surface area (Å²) in [6.07, 6.45) is 12.6. The van der Waals surface area contributed by atoms with E-state index >= 15 is 0 Å². The second-order valence-corrected chi connectivity index (χ2v) is 4.02. The number of allylic oxidation sites excluding steroid dienone is 6. The van der Waals surface area contributed by atoms with Crippen LogP contribution in [0.1, 0.15) is 26.2 Å². The Bertz CT molecular complexity index is 205. The molecular weight excluding hydrogens is 200 g/mol. The van der Waals surface area contributed by atoms with Crippen molar-refractivity contribution in [1.82, 2.24) is 0 Å². The van der Waals surface area contributed by atoms with Gasteiger partial charge in [0.25, 0.3) is 0 Å². The molecule has 1 aliphatic carbocycles. The predicted octanol–water partition coefficient (Wildman–Crippen LogP) is 3.95. The molecule has 0 aliphatic heterocycles. The largest absolute Gasteiger partial charge is 0.0839 e. The monoisotopic (exact) mass is 212 g/mol. The van der Waals surface area contributed by atoms with E-state index in [0.29, 0.717) is 0 Å². The normalized spacial score (nSPS) is 19.5. The van der Waals surface area contributed by atoms with Crippen molar-refractivity contribution < 1.29 is 0 Å². The predicted molar refractivity (Wildman–Crippen MR) is 53.8 cm³/mol. The summed E-state index contributed by atoms with van der Waals surface area (Å²) in [5.74, 6) is 0. The molecule has 11 heavy (non-hydrogen) atoms. The van der Waals surface area contributed by atoms with Gasteiger partial charge in [-0.05, 0) is 42.3 Å². The van der Waals surface area contributed by atoms with Crippen molar-refractivity contribution >= 4 is 15.9 Å². The van der Waals surface area contributed by atoms with E-state index in [0.717, 1.165) is 0 Å². The van der Waals surface area contributed by atoms with Gasteiger partial charge in [-0.2, -0.15) is 0 Å². The van der Waals surface area contributed by atoms with Gasteiger partial charge in [0.1, 0.15) is 0 Å². The van der Waals surface area contributed by atoms with Gasteiger partial charge < -0.3 is 0 Å². The zero-order valence-corrected chi connectivity index (χ0v) is 8.39. The summed E-state index contributed by atoms with van der Waals surface area (Å²) < 4.78 is 1.19. The van der Waals surface area contributed by atoms with Crippen molar-refractivity contribution in [2.24, 2.45) is 0 Å². The second-order valence-electron chi connectivity index (χ2n) is 2.77. The van der Waals surface area contributed by atoms with Crippen LogP contribution in [0.25, 0.3) is 0 Å². The fourth-order valence-corrected chi connectivity index (χ4v) is 1.39. The summed E-state index contributed by atoms with van der Waals surface area (Å²) in [5, 5.41) is 0. The molecule has 0 spiro atoms. The van der Waals surface area contributed by atoms with Gasteiger partial charge in [-0.3, -0.25) is 0 Å². The molecule has 0 N–H and O–H groups in total. The van der Waals surface area contributed by atoms with E-state index in [-0.39, 0.29) is 0 Å². The van der Waals surface area contributed by atoms with Crippen molar-refractivity contribution in [3.63, 3.8) is 0 Å². The molecule has 0 atom stereocenters. The Morgan fingerprint density at radius 1 is 1.55 bits per heavy atom. The first-order valence-electron chi connectivity index (χ1n) is 3.99. The van der Waals surface area contributed by atoms with Crippen LogP contribution in [-0.4, -0.2) is 0 Å². The fourth-order valence-electron chi connectivity index (χ4n) is 1.13. The maximum atomic E-state index is 3.42. The van der Waals surface area contributed by atoms with Crippen molar-refractivity contribution in [3.05, 3.63) is 34.4 Å².